The van der Waals surface area contributed by atoms with Gasteiger partial charge in [0.05, 0.1) is 11.0 Å². The Morgan fingerprint density at radius 1 is 0.627 bits per heavy atom. The topological polar surface area (TPSA) is 53.1 Å². The van der Waals surface area contributed by atoms with Gasteiger partial charge in [0.1, 0.15) is 11.6 Å². The van der Waals surface area contributed by atoms with Gasteiger partial charge in [0.15, 0.2) is 0 Å². The minimum absolute atomic E-state index is 0.0268. The number of piperidine rings is 1. The van der Waals surface area contributed by atoms with Gasteiger partial charge in [-0.1, -0.05) is 127 Å². The quantitative estimate of drug-likeness (QED) is 0.109. The number of nitrogens with one attached hydrogen (secondary N) is 2. The number of H-pyrrole nitrogens is 1. The molecule has 2 N–H and O–H groups in total. The van der Waals surface area contributed by atoms with E-state index in [2.05, 4.69) is 113 Å². The van der Waals surface area contributed by atoms with Crippen LogP contribution in [-0.4, -0.2) is 46.7 Å². The van der Waals surface area contributed by atoms with Crippen LogP contribution in [0.25, 0.3) is 11.0 Å². The van der Waals surface area contributed by atoms with Crippen LogP contribution in [0.2, 0.25) is 0 Å². The summed E-state index contributed by atoms with van der Waals surface area (Å²) >= 11 is 0. The van der Waals surface area contributed by atoms with Crippen molar-refractivity contribution in [1.82, 2.24) is 19.8 Å². The number of imidazole rings is 1. The highest BCUT2D eigenvalue weighted by molar-refractivity contribution is 5.75. The first kappa shape index (κ1) is 41.5. The average molecular weight is 791 g/mol. The number of rotatable bonds is 15. The van der Waals surface area contributed by atoms with Gasteiger partial charge in [-0.05, 0) is 123 Å². The van der Waals surface area contributed by atoms with Crippen LogP contribution in [0.15, 0.2) is 169 Å². The Balaban J connectivity index is 0.000000188. The van der Waals surface area contributed by atoms with Crippen LogP contribution in [0.4, 0.5) is 8.78 Å². The van der Waals surface area contributed by atoms with Crippen LogP contribution < -0.4 is 11.0 Å². The molecular weight excluding hydrogens is 735 g/mol. The van der Waals surface area contributed by atoms with Crippen LogP contribution in [0.5, 0.6) is 0 Å². The van der Waals surface area contributed by atoms with Gasteiger partial charge < -0.3 is 15.2 Å². The van der Waals surface area contributed by atoms with E-state index in [-0.39, 0.29) is 29.3 Å². The molecule has 1 unspecified atom stereocenters. The molecule has 304 valence electrons. The molecule has 5 nitrogen and oxygen atoms in total. The first-order chi connectivity index (χ1) is 28.9. The molecule has 0 spiro atoms. The van der Waals surface area contributed by atoms with Crippen molar-refractivity contribution in [3.63, 3.8) is 0 Å². The van der Waals surface area contributed by atoms with Gasteiger partial charge in [-0.25, -0.2) is 13.6 Å². The van der Waals surface area contributed by atoms with E-state index in [1.54, 1.807) is 0 Å². The van der Waals surface area contributed by atoms with Crippen molar-refractivity contribution in [2.45, 2.75) is 69.4 Å². The molecule has 1 aliphatic heterocycles. The highest BCUT2D eigenvalue weighted by atomic mass is 19.1. The minimum atomic E-state index is -0.251. The fourth-order valence-corrected chi connectivity index (χ4v) is 8.68. The molecule has 8 rings (SSSR count). The lowest BCUT2D eigenvalue weighted by Crippen LogP contribution is -2.37. The molecule has 1 atom stereocenters. The predicted octanol–water partition coefficient (Wildman–Crippen LogP) is 11.3. The summed E-state index contributed by atoms with van der Waals surface area (Å²) in [5, 5.41) is 3.70. The zero-order valence-electron chi connectivity index (χ0n) is 34.0. The fraction of sp³-hybridized carbons (Fsp3) is 0.288. The maximum absolute atomic E-state index is 13.5. The molecule has 0 aliphatic carbocycles. The Kier molecular flexibility index (Phi) is 14.7. The van der Waals surface area contributed by atoms with E-state index >= 15 is 0 Å². The van der Waals surface area contributed by atoms with Crippen molar-refractivity contribution in [3.05, 3.63) is 214 Å². The van der Waals surface area contributed by atoms with Crippen molar-refractivity contribution < 1.29 is 8.78 Å². The normalized spacial score (nSPS) is 14.1. The van der Waals surface area contributed by atoms with E-state index in [0.29, 0.717) is 12.0 Å². The summed E-state index contributed by atoms with van der Waals surface area (Å²) in [4.78, 5) is 18.0. The first-order valence-electron chi connectivity index (χ1n) is 21.2. The molecule has 6 aromatic carbocycles. The Morgan fingerprint density at radius 2 is 1.12 bits per heavy atom. The van der Waals surface area contributed by atoms with Gasteiger partial charge in [0.2, 0.25) is 0 Å². The van der Waals surface area contributed by atoms with Gasteiger partial charge >= 0.3 is 5.69 Å². The Hall–Kier alpha value is -5.63. The highest BCUT2D eigenvalue weighted by Crippen LogP contribution is 2.31. The molecule has 1 fully saturated rings. The number of likely N-dealkylation sites (tertiary alicyclic amines) is 1. The van der Waals surface area contributed by atoms with Crippen LogP contribution in [-0.2, 0) is 6.42 Å². The van der Waals surface area contributed by atoms with E-state index < -0.39 is 0 Å². The van der Waals surface area contributed by atoms with Crippen molar-refractivity contribution in [3.8, 4) is 0 Å². The zero-order valence-corrected chi connectivity index (χ0v) is 34.0. The molecule has 1 saturated heterocycles. The van der Waals surface area contributed by atoms with Gasteiger partial charge in [-0.15, -0.1) is 0 Å². The summed E-state index contributed by atoms with van der Waals surface area (Å²) in [6.07, 6.45) is 5.95. The second-order valence-corrected chi connectivity index (χ2v) is 15.9. The summed E-state index contributed by atoms with van der Waals surface area (Å²) in [6, 6.07) is 54.2. The number of fused-ring (bicyclic) bond motifs is 1. The van der Waals surface area contributed by atoms with E-state index in [0.717, 1.165) is 86.9 Å². The van der Waals surface area contributed by atoms with Crippen molar-refractivity contribution in [1.29, 1.82) is 0 Å². The second-order valence-electron chi connectivity index (χ2n) is 15.9. The monoisotopic (exact) mass is 790 g/mol. The lowest BCUT2D eigenvalue weighted by Gasteiger charge is -2.32. The Labute approximate surface area is 347 Å². The maximum atomic E-state index is 13.5. The third-order valence-corrected chi connectivity index (χ3v) is 11.8. The maximum Gasteiger partial charge on any atom is 0.326 e. The standard InChI is InChI=1S/C28H29F2N3O.C24H27N/c29-22-11-7-20(8-12-22)25(21-9-13-23(30)14-10-21)4-3-17-32-18-15-24(16-19-32)33-27-6-2-1-5-26(27)31-28(33)34;1-20(19-21-11-5-2-6-12-21)25-18-17-24(22-13-7-3-8-14-22)23-15-9-4-10-16-23/h1-2,5-14,24-25H,3-4,15-19H2,(H,31,34);2-16,20,24-25H,17-19H2,1H3. The molecule has 1 aliphatic rings. The lowest BCUT2D eigenvalue weighted by atomic mass is 9.87. The number of benzene rings is 6. The third-order valence-electron chi connectivity index (χ3n) is 11.8. The summed E-state index contributed by atoms with van der Waals surface area (Å²) in [5.41, 5.74) is 8.12. The van der Waals surface area contributed by atoms with Crippen LogP contribution >= 0.6 is 0 Å². The first-order valence-corrected chi connectivity index (χ1v) is 21.2. The second kappa shape index (κ2) is 20.9. The minimum Gasteiger partial charge on any atom is -0.314 e. The number of aromatic amines is 1. The van der Waals surface area contributed by atoms with Crippen molar-refractivity contribution in [2.75, 3.05) is 26.2 Å². The summed E-state index contributed by atoms with van der Waals surface area (Å²) in [6.45, 7) is 6.16. The van der Waals surface area contributed by atoms with Gasteiger partial charge in [0, 0.05) is 37.0 Å². The van der Waals surface area contributed by atoms with Gasteiger partial charge in [-0.3, -0.25) is 4.57 Å². The largest absolute Gasteiger partial charge is 0.326 e. The van der Waals surface area contributed by atoms with Crippen molar-refractivity contribution >= 4 is 11.0 Å². The SMILES string of the molecule is CC(Cc1ccccc1)NCCC(c1ccccc1)c1ccccc1.O=c1[nH]c2ccccc2n1C1CCN(CCCC(c2ccc(F)cc2)c2ccc(F)cc2)CC1. The number of aromatic nitrogens is 2. The van der Waals surface area contributed by atoms with Crippen LogP contribution in [0, 0.1) is 11.6 Å². The molecule has 1 aromatic heterocycles. The number of hydrogen-bond donors (Lipinski definition) is 2. The van der Waals surface area contributed by atoms with Crippen molar-refractivity contribution in [2.24, 2.45) is 0 Å². The molecule has 0 bridgehead atoms. The summed E-state index contributed by atoms with van der Waals surface area (Å²) in [7, 11) is 0. The summed E-state index contributed by atoms with van der Waals surface area (Å²) < 4.78 is 28.9. The average Bonchev–Trinajstić information content (AvgIpc) is 3.62. The highest BCUT2D eigenvalue weighted by Gasteiger charge is 2.24. The molecule has 59 heavy (non-hydrogen) atoms. The smallest absolute Gasteiger partial charge is 0.314 e. The number of hydrogen-bond acceptors (Lipinski definition) is 3. The number of nitrogens with zero attached hydrogens (tertiary/aromatic N) is 2. The van der Waals surface area contributed by atoms with Crippen LogP contribution in [0.1, 0.15) is 84.7 Å². The molecule has 7 heteroatoms. The molecule has 2 heterocycles. The fourth-order valence-electron chi connectivity index (χ4n) is 8.68. The number of para-hydroxylation sites is 2. The molecule has 0 radical (unpaired) electrons. The van der Waals surface area contributed by atoms with E-state index in [9.17, 15) is 13.6 Å². The van der Waals surface area contributed by atoms with E-state index in [1.165, 1.54) is 41.0 Å². The van der Waals surface area contributed by atoms with Crippen LogP contribution in [0.3, 0.4) is 0 Å². The van der Waals surface area contributed by atoms with Gasteiger partial charge in [0.25, 0.3) is 0 Å². The zero-order chi connectivity index (χ0) is 40.8. The lowest BCUT2D eigenvalue weighted by molar-refractivity contribution is 0.183. The Bertz CT molecular complexity index is 2250. The molecule has 0 saturated carbocycles. The summed E-state index contributed by atoms with van der Waals surface area (Å²) in [5.74, 6) is 0.0416. The Morgan fingerprint density at radius 3 is 1.69 bits per heavy atom. The van der Waals surface area contributed by atoms with E-state index in [4.69, 9.17) is 0 Å². The molecular formula is C52H56F2N4O. The third kappa shape index (κ3) is 11.5. The van der Waals surface area contributed by atoms with E-state index in [1.807, 2.05) is 53.1 Å². The van der Waals surface area contributed by atoms with Gasteiger partial charge in [-0.2, -0.15) is 0 Å². The number of halogens is 2. The predicted molar refractivity (Wildman–Crippen MR) is 238 cm³/mol. The molecule has 7 aromatic rings. The molecule has 0 amide bonds.